The molecule has 0 saturated carbocycles. The molecule has 1 fully saturated rings. The average Bonchev–Trinajstić information content (AvgIpc) is 3.12. The Morgan fingerprint density at radius 3 is 2.52 bits per heavy atom. The maximum atomic E-state index is 12.4. The minimum Gasteiger partial charge on any atom is -0.347 e. The molecule has 0 aliphatic carbocycles. The highest BCUT2D eigenvalue weighted by Gasteiger charge is 2.33. The molecular weight excluding hydrogens is 394 g/mol. The Balaban J connectivity index is 1.62. The van der Waals surface area contributed by atoms with Gasteiger partial charge in [0.2, 0.25) is 5.91 Å². The van der Waals surface area contributed by atoms with Crippen molar-refractivity contribution in [1.82, 2.24) is 5.43 Å². The summed E-state index contributed by atoms with van der Waals surface area (Å²) >= 11 is 5.94. The highest BCUT2D eigenvalue weighted by atomic mass is 35.5. The van der Waals surface area contributed by atoms with E-state index in [2.05, 4.69) is 15.8 Å². The normalized spacial score (nSPS) is 15.8. The number of hydrogen-bond acceptors (Lipinski definition) is 5. The first kappa shape index (κ1) is 21.0. The minimum atomic E-state index is -0.905. The highest BCUT2D eigenvalue weighted by molar-refractivity contribution is 6.31. The number of rotatable bonds is 6. The number of carbonyl (C=O) groups excluding carboxylic acids is 2. The fraction of sp³-hybridized carbons (Fsp3) is 0.286. The van der Waals surface area contributed by atoms with Gasteiger partial charge in [-0.2, -0.15) is 5.10 Å². The van der Waals surface area contributed by atoms with E-state index in [-0.39, 0.29) is 18.2 Å². The first-order valence-electron chi connectivity index (χ1n) is 9.13. The van der Waals surface area contributed by atoms with Crippen molar-refractivity contribution in [2.45, 2.75) is 26.1 Å². The van der Waals surface area contributed by atoms with E-state index in [9.17, 15) is 9.59 Å². The summed E-state index contributed by atoms with van der Waals surface area (Å²) in [7, 11) is 0. The van der Waals surface area contributed by atoms with Gasteiger partial charge in [0.1, 0.15) is 0 Å². The number of hydrogen-bond donors (Lipinski definition) is 2. The zero-order valence-electron chi connectivity index (χ0n) is 16.2. The summed E-state index contributed by atoms with van der Waals surface area (Å²) < 4.78 is 10.8. The fourth-order valence-electron chi connectivity index (χ4n) is 2.86. The van der Waals surface area contributed by atoms with Crippen molar-refractivity contribution in [2.75, 3.05) is 18.5 Å². The summed E-state index contributed by atoms with van der Waals surface area (Å²) in [5, 5.41) is 7.45. The number of benzene rings is 2. The largest absolute Gasteiger partial charge is 0.347 e. The van der Waals surface area contributed by atoms with E-state index in [0.717, 1.165) is 5.56 Å². The Bertz CT molecular complexity index is 939. The molecule has 1 saturated heterocycles. The molecule has 7 nitrogen and oxygen atoms in total. The molecule has 1 heterocycles. The Labute approximate surface area is 174 Å². The first-order chi connectivity index (χ1) is 13.8. The van der Waals surface area contributed by atoms with Crippen LogP contribution in [0.25, 0.3) is 0 Å². The van der Waals surface area contributed by atoms with Crippen molar-refractivity contribution < 1.29 is 19.1 Å². The predicted octanol–water partition coefficient (Wildman–Crippen LogP) is 3.59. The van der Waals surface area contributed by atoms with E-state index in [0.29, 0.717) is 35.2 Å². The van der Waals surface area contributed by atoms with E-state index in [4.69, 9.17) is 21.1 Å². The van der Waals surface area contributed by atoms with Gasteiger partial charge in [-0.25, -0.2) is 5.43 Å². The van der Waals surface area contributed by atoms with E-state index in [1.54, 1.807) is 56.3 Å². The summed E-state index contributed by atoms with van der Waals surface area (Å²) in [6.07, 6.45) is 0.0551. The number of nitrogens with zero attached hydrogens (tertiary/aromatic N) is 1. The lowest BCUT2D eigenvalue weighted by molar-refractivity contribution is -0.159. The Hall–Kier alpha value is -2.74. The van der Waals surface area contributed by atoms with Crippen LogP contribution in [0.2, 0.25) is 5.02 Å². The molecule has 3 rings (SSSR count). The zero-order valence-corrected chi connectivity index (χ0v) is 17.0. The van der Waals surface area contributed by atoms with Gasteiger partial charge in [0.15, 0.2) is 5.79 Å². The van der Waals surface area contributed by atoms with Gasteiger partial charge in [-0.3, -0.25) is 9.59 Å². The number of carbonyl (C=O) groups is 2. The second-order valence-corrected chi connectivity index (χ2v) is 7.22. The second kappa shape index (κ2) is 9.17. The molecule has 2 amide bonds. The van der Waals surface area contributed by atoms with Gasteiger partial charge in [-0.15, -0.1) is 0 Å². The smallest absolute Gasteiger partial charge is 0.255 e. The van der Waals surface area contributed by atoms with Crippen LogP contribution in [-0.2, 0) is 14.3 Å². The standard InChI is InChI=1S/C21H22ClN3O4/c1-14(24-25-19(26)13-21(2)28-9-10-29-21)15-5-4-8-18(12-15)23-20(27)16-6-3-7-17(22)11-16/h3-8,11-12H,9-10,13H2,1-2H3,(H,23,27)(H,25,26)/b24-14-. The van der Waals surface area contributed by atoms with Crippen molar-refractivity contribution in [3.8, 4) is 0 Å². The van der Waals surface area contributed by atoms with Crippen molar-refractivity contribution in [2.24, 2.45) is 5.10 Å². The van der Waals surface area contributed by atoms with Crippen LogP contribution >= 0.6 is 11.6 Å². The third kappa shape index (κ3) is 5.87. The molecule has 152 valence electrons. The second-order valence-electron chi connectivity index (χ2n) is 6.78. The molecule has 0 radical (unpaired) electrons. The molecule has 0 atom stereocenters. The van der Waals surface area contributed by atoms with Gasteiger partial charge in [0.25, 0.3) is 5.91 Å². The van der Waals surface area contributed by atoms with Gasteiger partial charge in [-0.1, -0.05) is 29.8 Å². The quantitative estimate of drug-likeness (QED) is 0.557. The molecule has 0 bridgehead atoms. The van der Waals surface area contributed by atoms with Crippen LogP contribution in [-0.4, -0.2) is 36.5 Å². The molecule has 8 heteroatoms. The maximum Gasteiger partial charge on any atom is 0.255 e. The molecular formula is C21H22ClN3O4. The van der Waals surface area contributed by atoms with Crippen LogP contribution in [0.4, 0.5) is 5.69 Å². The topological polar surface area (TPSA) is 89.0 Å². The molecule has 2 aromatic carbocycles. The average molecular weight is 416 g/mol. The third-order valence-electron chi connectivity index (χ3n) is 4.35. The lowest BCUT2D eigenvalue weighted by Gasteiger charge is -2.20. The highest BCUT2D eigenvalue weighted by Crippen LogP contribution is 2.22. The molecule has 1 aliphatic heterocycles. The molecule has 0 unspecified atom stereocenters. The van der Waals surface area contributed by atoms with E-state index in [1.807, 2.05) is 6.07 Å². The van der Waals surface area contributed by atoms with Crippen LogP contribution in [0.15, 0.2) is 53.6 Å². The number of amides is 2. The van der Waals surface area contributed by atoms with Gasteiger partial charge in [0.05, 0.1) is 25.3 Å². The van der Waals surface area contributed by atoms with Crippen LogP contribution in [0.5, 0.6) is 0 Å². The summed E-state index contributed by atoms with van der Waals surface area (Å²) in [6.45, 7) is 4.43. The fourth-order valence-corrected chi connectivity index (χ4v) is 3.05. The SMILES string of the molecule is C/C(=N/NC(=O)CC1(C)OCCO1)c1cccc(NC(=O)c2cccc(Cl)c2)c1. The molecule has 29 heavy (non-hydrogen) atoms. The Kier molecular flexibility index (Phi) is 6.64. The number of halogens is 1. The van der Waals surface area contributed by atoms with E-state index in [1.165, 1.54) is 0 Å². The molecule has 1 aliphatic rings. The van der Waals surface area contributed by atoms with Crippen molar-refractivity contribution >= 4 is 34.8 Å². The zero-order chi connectivity index (χ0) is 20.9. The molecule has 2 aromatic rings. The number of ether oxygens (including phenoxy) is 2. The third-order valence-corrected chi connectivity index (χ3v) is 4.59. The lowest BCUT2D eigenvalue weighted by Crippen LogP contribution is -2.33. The summed E-state index contributed by atoms with van der Waals surface area (Å²) in [6, 6.07) is 13.9. The molecule has 0 spiro atoms. The van der Waals surface area contributed by atoms with Crippen LogP contribution in [0, 0.1) is 0 Å². The van der Waals surface area contributed by atoms with E-state index < -0.39 is 5.79 Å². The van der Waals surface area contributed by atoms with Gasteiger partial charge >= 0.3 is 0 Å². The van der Waals surface area contributed by atoms with E-state index >= 15 is 0 Å². The Morgan fingerprint density at radius 1 is 1.10 bits per heavy atom. The molecule has 2 N–H and O–H groups in total. The lowest BCUT2D eigenvalue weighted by atomic mass is 10.1. The summed E-state index contributed by atoms with van der Waals surface area (Å²) in [4.78, 5) is 24.5. The maximum absolute atomic E-state index is 12.4. The van der Waals surface area contributed by atoms with Gasteiger partial charge < -0.3 is 14.8 Å². The summed E-state index contributed by atoms with van der Waals surface area (Å²) in [5.41, 5.74) is 4.93. The number of nitrogens with one attached hydrogen (secondary N) is 2. The summed E-state index contributed by atoms with van der Waals surface area (Å²) in [5.74, 6) is -1.48. The van der Waals surface area contributed by atoms with Gasteiger partial charge in [0, 0.05) is 16.3 Å². The van der Waals surface area contributed by atoms with Crippen LogP contribution < -0.4 is 10.7 Å². The van der Waals surface area contributed by atoms with Crippen molar-refractivity contribution in [3.05, 3.63) is 64.7 Å². The van der Waals surface area contributed by atoms with Crippen LogP contribution in [0.1, 0.15) is 36.2 Å². The van der Waals surface area contributed by atoms with Crippen LogP contribution in [0.3, 0.4) is 0 Å². The van der Waals surface area contributed by atoms with Gasteiger partial charge in [-0.05, 0) is 49.7 Å². The number of hydrazone groups is 1. The van der Waals surface area contributed by atoms with Crippen molar-refractivity contribution in [3.63, 3.8) is 0 Å². The van der Waals surface area contributed by atoms with Crippen molar-refractivity contribution in [1.29, 1.82) is 0 Å². The Morgan fingerprint density at radius 2 is 1.79 bits per heavy atom. The first-order valence-corrected chi connectivity index (χ1v) is 9.51. The predicted molar refractivity (Wildman–Crippen MR) is 111 cm³/mol. The molecule has 0 aromatic heterocycles. The minimum absolute atomic E-state index is 0.0551. The monoisotopic (exact) mass is 415 g/mol. The number of anilines is 1.